The fraction of sp³-hybridized carbons (Fsp3) is 0.450. The Kier molecular flexibility index (Phi) is 5.37. The molecule has 0 saturated heterocycles. The number of carbonyl (C=O) groups is 1. The molecule has 142 valence electrons. The number of ether oxygens (including phenoxy) is 2. The lowest BCUT2D eigenvalue weighted by Gasteiger charge is -2.15. The topological polar surface area (TPSA) is 85.4 Å². The molecule has 2 heterocycles. The number of amides is 1. The fourth-order valence-electron chi connectivity index (χ4n) is 3.46. The molecule has 0 atom stereocenters. The second kappa shape index (κ2) is 8.24. The predicted octanol–water partition coefficient (Wildman–Crippen LogP) is 3.27. The number of carbonyl (C=O) groups excluding carboxylic acids is 1. The minimum absolute atomic E-state index is 0.200. The van der Waals surface area contributed by atoms with E-state index in [-0.39, 0.29) is 12.7 Å². The van der Waals surface area contributed by atoms with Crippen LogP contribution < -0.4 is 20.1 Å². The van der Waals surface area contributed by atoms with Crippen LogP contribution in [0.25, 0.3) is 0 Å². The first-order valence-corrected chi connectivity index (χ1v) is 9.53. The lowest BCUT2D eigenvalue weighted by atomic mass is 10.1. The van der Waals surface area contributed by atoms with E-state index < -0.39 is 0 Å². The average Bonchev–Trinajstić information content (AvgIpc) is 3.02. The summed E-state index contributed by atoms with van der Waals surface area (Å²) < 4.78 is 10.6. The monoisotopic (exact) mass is 368 g/mol. The Morgan fingerprint density at radius 2 is 1.78 bits per heavy atom. The first kappa shape index (κ1) is 17.6. The molecule has 7 nitrogen and oxygen atoms in total. The quantitative estimate of drug-likeness (QED) is 0.788. The van der Waals surface area contributed by atoms with Gasteiger partial charge in [0.1, 0.15) is 0 Å². The lowest BCUT2D eigenvalue weighted by Crippen LogP contribution is -2.24. The summed E-state index contributed by atoms with van der Waals surface area (Å²) in [5, 5.41) is 6.27. The Morgan fingerprint density at radius 3 is 2.56 bits per heavy atom. The minimum Gasteiger partial charge on any atom is -0.454 e. The van der Waals surface area contributed by atoms with E-state index in [1.165, 1.54) is 25.7 Å². The highest BCUT2D eigenvalue weighted by atomic mass is 16.7. The molecule has 1 aliphatic carbocycles. The summed E-state index contributed by atoms with van der Waals surface area (Å²) in [6.07, 6.45) is 10.6. The molecule has 1 fully saturated rings. The van der Waals surface area contributed by atoms with Gasteiger partial charge in [0.05, 0.1) is 5.56 Å². The molecule has 2 aliphatic rings. The molecule has 2 N–H and O–H groups in total. The number of aromatic nitrogens is 2. The zero-order chi connectivity index (χ0) is 18.5. The van der Waals surface area contributed by atoms with Gasteiger partial charge in [-0.25, -0.2) is 9.97 Å². The van der Waals surface area contributed by atoms with Gasteiger partial charge in [0, 0.05) is 25.0 Å². The normalized spacial score (nSPS) is 16.6. The van der Waals surface area contributed by atoms with Crippen molar-refractivity contribution in [3.8, 4) is 11.5 Å². The van der Waals surface area contributed by atoms with E-state index in [0.29, 0.717) is 29.8 Å². The minimum atomic E-state index is -0.200. The molecule has 0 spiro atoms. The molecule has 1 aromatic heterocycles. The van der Waals surface area contributed by atoms with Crippen LogP contribution in [0.1, 0.15) is 54.4 Å². The van der Waals surface area contributed by atoms with Crippen LogP contribution in [0, 0.1) is 0 Å². The van der Waals surface area contributed by atoms with Gasteiger partial charge in [-0.2, -0.15) is 0 Å². The van der Waals surface area contributed by atoms with Gasteiger partial charge < -0.3 is 20.1 Å². The molecule has 7 heteroatoms. The Bertz CT molecular complexity index is 786. The van der Waals surface area contributed by atoms with E-state index >= 15 is 0 Å². The number of benzene rings is 1. The lowest BCUT2D eigenvalue weighted by molar-refractivity contribution is 0.0950. The van der Waals surface area contributed by atoms with Crippen molar-refractivity contribution in [1.29, 1.82) is 0 Å². The van der Waals surface area contributed by atoms with Crippen LogP contribution in [0.4, 0.5) is 5.95 Å². The van der Waals surface area contributed by atoms with Crippen molar-refractivity contribution >= 4 is 11.9 Å². The van der Waals surface area contributed by atoms with Crippen molar-refractivity contribution in [3.63, 3.8) is 0 Å². The van der Waals surface area contributed by atoms with Crippen molar-refractivity contribution in [3.05, 3.63) is 41.7 Å². The molecule has 0 unspecified atom stereocenters. The van der Waals surface area contributed by atoms with Gasteiger partial charge in [-0.1, -0.05) is 31.7 Å². The second-order valence-electron chi connectivity index (χ2n) is 7.00. The third-order valence-corrected chi connectivity index (χ3v) is 4.99. The maximum atomic E-state index is 12.3. The molecule has 1 saturated carbocycles. The maximum Gasteiger partial charge on any atom is 0.254 e. The summed E-state index contributed by atoms with van der Waals surface area (Å²) in [5.74, 6) is 1.83. The summed E-state index contributed by atoms with van der Waals surface area (Å²) in [7, 11) is 0. The molecular formula is C20H24N4O3. The predicted molar refractivity (Wildman–Crippen MR) is 101 cm³/mol. The van der Waals surface area contributed by atoms with Crippen LogP contribution in [0.2, 0.25) is 0 Å². The van der Waals surface area contributed by atoms with Gasteiger partial charge in [-0.05, 0) is 30.5 Å². The molecule has 1 aromatic carbocycles. The van der Waals surface area contributed by atoms with Crippen molar-refractivity contribution in [2.75, 3.05) is 12.1 Å². The zero-order valence-electron chi connectivity index (χ0n) is 15.2. The highest BCUT2D eigenvalue weighted by molar-refractivity contribution is 5.93. The van der Waals surface area contributed by atoms with Crippen LogP contribution in [0.3, 0.4) is 0 Å². The number of hydrogen-bond donors (Lipinski definition) is 2. The molecule has 1 amide bonds. The van der Waals surface area contributed by atoms with Crippen molar-refractivity contribution < 1.29 is 14.3 Å². The van der Waals surface area contributed by atoms with Crippen LogP contribution >= 0.6 is 0 Å². The standard InChI is InChI=1S/C20H24N4O3/c25-19(21-10-14-7-8-17-18(9-14)27-13-26-17)15-11-22-20(23-12-15)24-16-5-3-1-2-4-6-16/h7-9,11-12,16H,1-6,10,13H2,(H,21,25)(H,22,23,24). The third-order valence-electron chi connectivity index (χ3n) is 4.99. The highest BCUT2D eigenvalue weighted by Crippen LogP contribution is 2.32. The summed E-state index contributed by atoms with van der Waals surface area (Å²) in [5.41, 5.74) is 1.39. The molecule has 4 rings (SSSR count). The Labute approximate surface area is 158 Å². The van der Waals surface area contributed by atoms with Gasteiger partial charge in [0.15, 0.2) is 11.5 Å². The SMILES string of the molecule is O=C(NCc1ccc2c(c1)OCO2)c1cnc(NC2CCCCCC2)nc1. The Hall–Kier alpha value is -2.83. The summed E-state index contributed by atoms with van der Waals surface area (Å²) >= 11 is 0. The number of anilines is 1. The van der Waals surface area contributed by atoms with E-state index in [9.17, 15) is 4.79 Å². The van der Waals surface area contributed by atoms with Crippen LogP contribution in [0.15, 0.2) is 30.6 Å². The largest absolute Gasteiger partial charge is 0.454 e. The van der Waals surface area contributed by atoms with Gasteiger partial charge in [-0.15, -0.1) is 0 Å². The Balaban J connectivity index is 1.31. The van der Waals surface area contributed by atoms with E-state index in [1.807, 2.05) is 18.2 Å². The fourth-order valence-corrected chi connectivity index (χ4v) is 3.46. The summed E-state index contributed by atoms with van der Waals surface area (Å²) in [6, 6.07) is 6.06. The number of hydrogen-bond acceptors (Lipinski definition) is 6. The molecule has 0 bridgehead atoms. The van der Waals surface area contributed by atoms with Crippen molar-refractivity contribution in [2.45, 2.75) is 51.1 Å². The molecular weight excluding hydrogens is 344 g/mol. The number of nitrogens with one attached hydrogen (secondary N) is 2. The summed E-state index contributed by atoms with van der Waals surface area (Å²) in [4.78, 5) is 20.9. The number of rotatable bonds is 5. The number of fused-ring (bicyclic) bond motifs is 1. The smallest absolute Gasteiger partial charge is 0.254 e. The molecule has 2 aromatic rings. The van der Waals surface area contributed by atoms with Crippen LogP contribution in [-0.2, 0) is 6.54 Å². The second-order valence-corrected chi connectivity index (χ2v) is 7.00. The maximum absolute atomic E-state index is 12.3. The van der Waals surface area contributed by atoms with E-state index in [0.717, 1.165) is 24.2 Å². The molecule has 1 aliphatic heterocycles. The Morgan fingerprint density at radius 1 is 1.04 bits per heavy atom. The molecule has 0 radical (unpaired) electrons. The van der Waals surface area contributed by atoms with Crippen LogP contribution in [-0.4, -0.2) is 28.7 Å². The number of nitrogens with zero attached hydrogens (tertiary/aromatic N) is 2. The van der Waals surface area contributed by atoms with Crippen molar-refractivity contribution in [2.24, 2.45) is 0 Å². The zero-order valence-corrected chi connectivity index (χ0v) is 15.2. The van der Waals surface area contributed by atoms with Gasteiger partial charge in [0.2, 0.25) is 12.7 Å². The molecule has 27 heavy (non-hydrogen) atoms. The first-order chi connectivity index (χ1) is 13.3. The first-order valence-electron chi connectivity index (χ1n) is 9.53. The van der Waals surface area contributed by atoms with E-state index in [2.05, 4.69) is 20.6 Å². The van der Waals surface area contributed by atoms with Gasteiger partial charge in [0.25, 0.3) is 5.91 Å². The third kappa shape index (κ3) is 4.48. The van der Waals surface area contributed by atoms with E-state index in [4.69, 9.17) is 9.47 Å². The highest BCUT2D eigenvalue weighted by Gasteiger charge is 2.15. The van der Waals surface area contributed by atoms with Crippen LogP contribution in [0.5, 0.6) is 11.5 Å². The average molecular weight is 368 g/mol. The summed E-state index contributed by atoms with van der Waals surface area (Å²) in [6.45, 7) is 0.640. The van der Waals surface area contributed by atoms with Crippen molar-refractivity contribution in [1.82, 2.24) is 15.3 Å². The van der Waals surface area contributed by atoms with Gasteiger partial charge in [-0.3, -0.25) is 4.79 Å². The van der Waals surface area contributed by atoms with E-state index in [1.54, 1.807) is 12.4 Å². The van der Waals surface area contributed by atoms with Gasteiger partial charge >= 0.3 is 0 Å².